The Hall–Kier alpha value is -2.87. The second-order valence-corrected chi connectivity index (χ2v) is 8.41. The summed E-state index contributed by atoms with van der Waals surface area (Å²) in [7, 11) is 1.98. The highest BCUT2D eigenvalue weighted by Gasteiger charge is 2.46. The summed E-state index contributed by atoms with van der Waals surface area (Å²) in [6, 6.07) is 10.0. The lowest BCUT2D eigenvalue weighted by Crippen LogP contribution is -2.43. The van der Waals surface area contributed by atoms with Gasteiger partial charge in [0, 0.05) is 20.1 Å². The lowest BCUT2D eigenvalue weighted by Gasteiger charge is -2.30. The van der Waals surface area contributed by atoms with E-state index in [9.17, 15) is 4.79 Å². The van der Waals surface area contributed by atoms with Crippen LogP contribution in [0.3, 0.4) is 0 Å². The first-order valence-electron chi connectivity index (χ1n) is 9.80. The van der Waals surface area contributed by atoms with Gasteiger partial charge < -0.3 is 19.7 Å². The number of ether oxygens (including phenoxy) is 2. The summed E-state index contributed by atoms with van der Waals surface area (Å²) < 4.78 is 11.7. The zero-order valence-electron chi connectivity index (χ0n) is 17.3. The Balaban J connectivity index is 1.68. The van der Waals surface area contributed by atoms with Crippen LogP contribution in [-0.2, 0) is 16.0 Å². The molecule has 2 bridgehead atoms. The molecule has 2 aliphatic rings. The predicted molar refractivity (Wildman–Crippen MR) is 110 cm³/mol. The molecule has 154 valence electrons. The molecule has 8 nitrogen and oxygen atoms in total. The molecule has 8 heteroatoms. The third-order valence-corrected chi connectivity index (χ3v) is 4.94. The third-order valence-electron chi connectivity index (χ3n) is 4.94. The van der Waals surface area contributed by atoms with E-state index in [1.54, 1.807) is 11.2 Å². The van der Waals surface area contributed by atoms with Gasteiger partial charge in [-0.15, -0.1) is 0 Å². The number of aromatic nitrogens is 2. The SMILES string of the molecule is CN(Cc1ccccc1)c1ncnc2c1C1OC[C@@H](CN2)N1C(=O)OC(C)(C)C. The summed E-state index contributed by atoms with van der Waals surface area (Å²) in [5, 5.41) is 3.36. The maximum atomic E-state index is 13.0. The second-order valence-electron chi connectivity index (χ2n) is 8.41. The van der Waals surface area contributed by atoms with Crippen molar-refractivity contribution in [2.45, 2.75) is 45.2 Å². The van der Waals surface area contributed by atoms with Gasteiger partial charge in [-0.3, -0.25) is 4.90 Å². The predicted octanol–water partition coefficient (Wildman–Crippen LogP) is 3.17. The Kier molecular flexibility index (Phi) is 5.04. The average molecular weight is 397 g/mol. The third kappa shape index (κ3) is 3.98. The van der Waals surface area contributed by atoms with Crippen molar-refractivity contribution in [2.24, 2.45) is 0 Å². The van der Waals surface area contributed by atoms with Gasteiger partial charge in [0.2, 0.25) is 0 Å². The zero-order chi connectivity index (χ0) is 20.6. The minimum absolute atomic E-state index is 0.128. The van der Waals surface area contributed by atoms with E-state index in [0.29, 0.717) is 25.5 Å². The van der Waals surface area contributed by atoms with Crippen LogP contribution < -0.4 is 10.2 Å². The fourth-order valence-electron chi connectivity index (χ4n) is 3.70. The van der Waals surface area contributed by atoms with Gasteiger partial charge in [-0.1, -0.05) is 30.3 Å². The molecule has 3 heterocycles. The molecular formula is C21H27N5O3. The smallest absolute Gasteiger partial charge is 0.413 e. The second kappa shape index (κ2) is 7.51. The van der Waals surface area contributed by atoms with Crippen LogP contribution >= 0.6 is 0 Å². The first kappa shape index (κ1) is 19.4. The Morgan fingerprint density at radius 3 is 2.79 bits per heavy atom. The van der Waals surface area contributed by atoms with Crippen molar-refractivity contribution in [3.05, 3.63) is 47.8 Å². The molecule has 1 saturated heterocycles. The molecular weight excluding hydrogens is 370 g/mol. The number of hydrogen-bond acceptors (Lipinski definition) is 7. The largest absolute Gasteiger partial charge is 0.444 e. The minimum atomic E-state index is -0.589. The van der Waals surface area contributed by atoms with Crippen molar-refractivity contribution in [1.29, 1.82) is 0 Å². The molecule has 0 saturated carbocycles. The minimum Gasteiger partial charge on any atom is -0.444 e. The standard InChI is InChI=1S/C21H27N5O3/c1-21(2,3)29-20(27)26-15-10-22-17-16(19(26)28-12-15)18(24-13-23-17)25(4)11-14-8-6-5-7-9-14/h5-9,13,15,19H,10-12H2,1-4H3,(H,22,23,24)/t15-,19?/m1/s1. The molecule has 2 aromatic rings. The van der Waals surface area contributed by atoms with Crippen LogP contribution in [-0.4, -0.2) is 52.8 Å². The molecule has 1 aromatic heterocycles. The van der Waals surface area contributed by atoms with E-state index in [4.69, 9.17) is 9.47 Å². The van der Waals surface area contributed by atoms with Gasteiger partial charge in [-0.25, -0.2) is 14.8 Å². The van der Waals surface area contributed by atoms with E-state index in [-0.39, 0.29) is 12.1 Å². The fraction of sp³-hybridized carbons (Fsp3) is 0.476. The Morgan fingerprint density at radius 2 is 2.07 bits per heavy atom. The number of carbonyl (C=O) groups excluding carboxylic acids is 1. The van der Waals surface area contributed by atoms with E-state index < -0.39 is 11.8 Å². The van der Waals surface area contributed by atoms with Gasteiger partial charge in [-0.2, -0.15) is 0 Å². The van der Waals surface area contributed by atoms with Crippen molar-refractivity contribution in [3.63, 3.8) is 0 Å². The van der Waals surface area contributed by atoms with Crippen molar-refractivity contribution < 1.29 is 14.3 Å². The quantitative estimate of drug-likeness (QED) is 0.852. The number of hydrogen-bond donors (Lipinski definition) is 1. The van der Waals surface area contributed by atoms with Gasteiger partial charge in [0.25, 0.3) is 0 Å². The van der Waals surface area contributed by atoms with Gasteiger partial charge in [0.1, 0.15) is 23.6 Å². The number of nitrogens with one attached hydrogen (secondary N) is 1. The molecule has 4 rings (SSSR count). The van der Waals surface area contributed by atoms with E-state index in [0.717, 1.165) is 16.9 Å². The molecule has 1 N–H and O–H groups in total. The van der Waals surface area contributed by atoms with E-state index in [1.807, 2.05) is 50.9 Å². The molecule has 1 aromatic carbocycles. The number of anilines is 2. The normalized spacial score (nSPS) is 20.5. The molecule has 0 aliphatic carbocycles. The number of fused-ring (bicyclic) bond motifs is 4. The topological polar surface area (TPSA) is 79.8 Å². The monoisotopic (exact) mass is 397 g/mol. The molecule has 2 aliphatic heterocycles. The highest BCUT2D eigenvalue weighted by Crippen LogP contribution is 2.41. The van der Waals surface area contributed by atoms with Gasteiger partial charge in [-0.05, 0) is 26.3 Å². The maximum Gasteiger partial charge on any atom is 0.413 e. The van der Waals surface area contributed by atoms with Crippen molar-refractivity contribution in [3.8, 4) is 0 Å². The van der Waals surface area contributed by atoms with Crippen LogP contribution in [0.2, 0.25) is 0 Å². The first-order chi connectivity index (χ1) is 13.8. The van der Waals surface area contributed by atoms with E-state index in [2.05, 4.69) is 27.4 Å². The lowest BCUT2D eigenvalue weighted by molar-refractivity contribution is -0.0125. The van der Waals surface area contributed by atoms with Gasteiger partial charge in [0.15, 0.2) is 6.23 Å². The zero-order valence-corrected chi connectivity index (χ0v) is 17.3. The highest BCUT2D eigenvalue weighted by atomic mass is 16.6. The number of benzene rings is 1. The van der Waals surface area contributed by atoms with Crippen LogP contribution in [0.5, 0.6) is 0 Å². The van der Waals surface area contributed by atoms with Crippen molar-refractivity contribution >= 4 is 17.7 Å². The first-order valence-corrected chi connectivity index (χ1v) is 9.80. The van der Waals surface area contributed by atoms with Crippen molar-refractivity contribution in [2.75, 3.05) is 30.4 Å². The summed E-state index contributed by atoms with van der Waals surface area (Å²) in [6.07, 6.45) is 0.564. The number of amides is 1. The van der Waals surface area contributed by atoms with Crippen LogP contribution in [0.4, 0.5) is 16.4 Å². The molecule has 0 radical (unpaired) electrons. The maximum absolute atomic E-state index is 13.0. The summed E-state index contributed by atoms with van der Waals surface area (Å²) in [5.41, 5.74) is 1.34. The van der Waals surface area contributed by atoms with Crippen LogP contribution in [0.25, 0.3) is 0 Å². The Morgan fingerprint density at radius 1 is 1.31 bits per heavy atom. The summed E-state index contributed by atoms with van der Waals surface area (Å²) in [5.74, 6) is 1.42. The number of nitrogens with zero attached hydrogens (tertiary/aromatic N) is 4. The Bertz CT molecular complexity index is 884. The van der Waals surface area contributed by atoms with E-state index in [1.165, 1.54) is 0 Å². The summed E-state index contributed by atoms with van der Waals surface area (Å²) >= 11 is 0. The number of rotatable bonds is 3. The average Bonchev–Trinajstić information content (AvgIpc) is 3.00. The van der Waals surface area contributed by atoms with Gasteiger partial charge >= 0.3 is 6.09 Å². The molecule has 29 heavy (non-hydrogen) atoms. The molecule has 0 spiro atoms. The summed E-state index contributed by atoms with van der Waals surface area (Å²) in [4.78, 5) is 25.6. The van der Waals surface area contributed by atoms with Crippen LogP contribution in [0.15, 0.2) is 36.7 Å². The van der Waals surface area contributed by atoms with E-state index >= 15 is 0 Å². The lowest BCUT2D eigenvalue weighted by atomic mass is 10.1. The highest BCUT2D eigenvalue weighted by molar-refractivity contribution is 5.72. The molecule has 1 unspecified atom stereocenters. The summed E-state index contributed by atoms with van der Waals surface area (Å²) in [6.45, 7) is 7.24. The molecule has 1 fully saturated rings. The van der Waals surface area contributed by atoms with Crippen LogP contribution in [0.1, 0.15) is 38.1 Å². The molecule has 2 atom stereocenters. The number of carbonyl (C=O) groups is 1. The Labute approximate surface area is 170 Å². The van der Waals surface area contributed by atoms with Crippen molar-refractivity contribution in [1.82, 2.24) is 14.9 Å². The van der Waals surface area contributed by atoms with Crippen LogP contribution in [0, 0.1) is 0 Å². The van der Waals surface area contributed by atoms with Gasteiger partial charge in [0.05, 0.1) is 18.2 Å². The molecule has 1 amide bonds. The fourth-order valence-corrected chi connectivity index (χ4v) is 3.70.